The zero-order valence-corrected chi connectivity index (χ0v) is 12.9. The highest BCUT2D eigenvalue weighted by Crippen LogP contribution is 2.23. The first kappa shape index (κ1) is 15.0. The number of rotatable bonds is 6. The standard InChI is InChI=1S/C17H18N4O2/c1-23-17-14-6-3-2-5-13(14)11-15(20-17)16(22)19-7-4-9-21-10-8-18-12-21/h2-3,5-6,8,10-12H,4,7,9H2,1H3,(H,19,22). The van der Waals surface area contributed by atoms with Gasteiger partial charge >= 0.3 is 0 Å². The third-order valence-corrected chi connectivity index (χ3v) is 3.57. The lowest BCUT2D eigenvalue weighted by Gasteiger charge is -2.09. The van der Waals surface area contributed by atoms with Crippen LogP contribution in [0.1, 0.15) is 16.9 Å². The molecule has 2 heterocycles. The van der Waals surface area contributed by atoms with Crippen LogP contribution in [0.4, 0.5) is 0 Å². The van der Waals surface area contributed by atoms with Crippen molar-refractivity contribution in [1.29, 1.82) is 0 Å². The first-order chi connectivity index (χ1) is 11.3. The molecule has 1 N–H and O–H groups in total. The predicted octanol–water partition coefficient (Wildman–Crippen LogP) is 2.26. The lowest BCUT2D eigenvalue weighted by atomic mass is 10.1. The van der Waals surface area contributed by atoms with Crippen LogP contribution in [0.25, 0.3) is 10.8 Å². The Kier molecular flexibility index (Phi) is 4.52. The van der Waals surface area contributed by atoms with Gasteiger partial charge in [0.1, 0.15) is 5.69 Å². The van der Waals surface area contributed by atoms with Crippen LogP contribution in [-0.2, 0) is 6.54 Å². The summed E-state index contributed by atoms with van der Waals surface area (Å²) in [6.45, 7) is 1.39. The molecule has 0 atom stereocenters. The van der Waals surface area contributed by atoms with Crippen LogP contribution in [0.15, 0.2) is 49.1 Å². The largest absolute Gasteiger partial charge is 0.481 e. The van der Waals surface area contributed by atoms with E-state index in [9.17, 15) is 4.79 Å². The van der Waals surface area contributed by atoms with Gasteiger partial charge in [-0.3, -0.25) is 4.79 Å². The summed E-state index contributed by atoms with van der Waals surface area (Å²) in [7, 11) is 1.56. The van der Waals surface area contributed by atoms with E-state index in [4.69, 9.17) is 4.74 Å². The van der Waals surface area contributed by atoms with Crippen LogP contribution in [-0.4, -0.2) is 34.1 Å². The zero-order valence-electron chi connectivity index (χ0n) is 12.9. The number of carbonyl (C=O) groups is 1. The first-order valence-corrected chi connectivity index (χ1v) is 7.45. The fourth-order valence-corrected chi connectivity index (χ4v) is 2.41. The number of nitrogens with zero attached hydrogens (tertiary/aromatic N) is 3. The van der Waals surface area contributed by atoms with Gasteiger partial charge in [-0.1, -0.05) is 18.2 Å². The van der Waals surface area contributed by atoms with E-state index in [1.54, 1.807) is 25.7 Å². The van der Waals surface area contributed by atoms with E-state index < -0.39 is 0 Å². The number of nitrogens with one attached hydrogen (secondary N) is 1. The van der Waals surface area contributed by atoms with Crippen molar-refractivity contribution in [3.05, 3.63) is 54.7 Å². The summed E-state index contributed by atoms with van der Waals surface area (Å²) in [5, 5.41) is 4.71. The highest BCUT2D eigenvalue weighted by Gasteiger charge is 2.12. The van der Waals surface area contributed by atoms with E-state index in [0.29, 0.717) is 18.1 Å². The van der Waals surface area contributed by atoms with Crippen molar-refractivity contribution < 1.29 is 9.53 Å². The molecule has 0 spiro atoms. The monoisotopic (exact) mass is 310 g/mol. The molecule has 3 aromatic rings. The number of fused-ring (bicyclic) bond motifs is 1. The fraction of sp³-hybridized carbons (Fsp3) is 0.235. The third kappa shape index (κ3) is 3.48. The molecule has 0 aliphatic heterocycles. The molecule has 6 nitrogen and oxygen atoms in total. The molecule has 0 aliphatic carbocycles. The minimum absolute atomic E-state index is 0.195. The zero-order chi connectivity index (χ0) is 16.1. The number of imidazole rings is 1. The van der Waals surface area contributed by atoms with E-state index in [-0.39, 0.29) is 5.91 Å². The molecule has 2 aromatic heterocycles. The van der Waals surface area contributed by atoms with Crippen molar-refractivity contribution in [3.8, 4) is 5.88 Å². The molecule has 0 fully saturated rings. The van der Waals surface area contributed by atoms with E-state index >= 15 is 0 Å². The lowest BCUT2D eigenvalue weighted by molar-refractivity contribution is 0.0947. The van der Waals surface area contributed by atoms with Crippen LogP contribution < -0.4 is 10.1 Å². The van der Waals surface area contributed by atoms with Gasteiger partial charge in [0.05, 0.1) is 13.4 Å². The average molecular weight is 310 g/mol. The van der Waals surface area contributed by atoms with Gasteiger partial charge in [-0.2, -0.15) is 0 Å². The smallest absolute Gasteiger partial charge is 0.270 e. The van der Waals surface area contributed by atoms with Gasteiger partial charge in [-0.25, -0.2) is 9.97 Å². The molecule has 118 valence electrons. The van der Waals surface area contributed by atoms with Gasteiger partial charge in [0, 0.05) is 30.9 Å². The average Bonchev–Trinajstić information content (AvgIpc) is 3.11. The Bertz CT molecular complexity index is 799. The van der Waals surface area contributed by atoms with Gasteiger partial charge in [0.15, 0.2) is 0 Å². The molecule has 0 unspecified atom stereocenters. The number of benzene rings is 1. The van der Waals surface area contributed by atoms with E-state index in [0.717, 1.165) is 23.7 Å². The molecule has 3 rings (SSSR count). The maximum absolute atomic E-state index is 12.3. The van der Waals surface area contributed by atoms with E-state index in [1.807, 2.05) is 35.0 Å². The number of aryl methyl sites for hydroxylation is 1. The maximum Gasteiger partial charge on any atom is 0.270 e. The second kappa shape index (κ2) is 6.91. The van der Waals surface area contributed by atoms with Crippen molar-refractivity contribution in [1.82, 2.24) is 19.9 Å². The first-order valence-electron chi connectivity index (χ1n) is 7.45. The SMILES string of the molecule is COc1nc(C(=O)NCCCn2ccnc2)cc2ccccc12. The summed E-state index contributed by atoms with van der Waals surface area (Å²) < 4.78 is 7.27. The van der Waals surface area contributed by atoms with Gasteiger partial charge in [0.2, 0.25) is 5.88 Å². The van der Waals surface area contributed by atoms with E-state index in [2.05, 4.69) is 15.3 Å². The Balaban J connectivity index is 1.66. The van der Waals surface area contributed by atoms with E-state index in [1.165, 1.54) is 0 Å². The molecular formula is C17H18N4O2. The fourth-order valence-electron chi connectivity index (χ4n) is 2.41. The summed E-state index contributed by atoms with van der Waals surface area (Å²) in [4.78, 5) is 20.6. The van der Waals surface area contributed by atoms with Crippen LogP contribution in [0.2, 0.25) is 0 Å². The minimum atomic E-state index is -0.195. The number of amides is 1. The summed E-state index contributed by atoms with van der Waals surface area (Å²) >= 11 is 0. The van der Waals surface area contributed by atoms with Crippen molar-refractivity contribution in [3.63, 3.8) is 0 Å². The highest BCUT2D eigenvalue weighted by molar-refractivity contribution is 5.98. The van der Waals surface area contributed by atoms with Crippen LogP contribution in [0.5, 0.6) is 5.88 Å². The molecule has 0 saturated heterocycles. The van der Waals surface area contributed by atoms with Gasteiger partial charge < -0.3 is 14.6 Å². The van der Waals surface area contributed by atoms with Crippen LogP contribution in [0.3, 0.4) is 0 Å². The minimum Gasteiger partial charge on any atom is -0.481 e. The van der Waals surface area contributed by atoms with Gasteiger partial charge in [-0.15, -0.1) is 0 Å². The molecule has 23 heavy (non-hydrogen) atoms. The molecule has 0 radical (unpaired) electrons. The van der Waals surface area contributed by atoms with Crippen LogP contribution in [0, 0.1) is 0 Å². The summed E-state index contributed by atoms with van der Waals surface area (Å²) in [6.07, 6.45) is 6.23. The summed E-state index contributed by atoms with van der Waals surface area (Å²) in [6, 6.07) is 9.49. The normalized spacial score (nSPS) is 10.7. The Hall–Kier alpha value is -2.89. The molecular weight excluding hydrogens is 292 g/mol. The van der Waals surface area contributed by atoms with Gasteiger partial charge in [-0.05, 0) is 23.9 Å². The predicted molar refractivity (Wildman–Crippen MR) is 87.5 cm³/mol. The number of hydrogen-bond donors (Lipinski definition) is 1. The lowest BCUT2D eigenvalue weighted by Crippen LogP contribution is -2.26. The second-order valence-corrected chi connectivity index (χ2v) is 5.15. The summed E-state index contributed by atoms with van der Waals surface area (Å²) in [5.74, 6) is 0.270. The quantitative estimate of drug-likeness (QED) is 0.709. The molecule has 0 aliphatic rings. The number of aromatic nitrogens is 3. The highest BCUT2D eigenvalue weighted by atomic mass is 16.5. The topological polar surface area (TPSA) is 69.0 Å². The molecule has 0 bridgehead atoms. The number of pyridine rings is 1. The Morgan fingerprint density at radius 2 is 2.22 bits per heavy atom. The molecule has 1 amide bonds. The van der Waals surface area contributed by atoms with Crippen LogP contribution >= 0.6 is 0 Å². The van der Waals surface area contributed by atoms with Crippen molar-refractivity contribution in [2.75, 3.05) is 13.7 Å². The number of ether oxygens (including phenoxy) is 1. The number of carbonyl (C=O) groups excluding carboxylic acids is 1. The molecule has 6 heteroatoms. The second-order valence-electron chi connectivity index (χ2n) is 5.15. The summed E-state index contributed by atoms with van der Waals surface area (Å²) in [5.41, 5.74) is 0.364. The van der Waals surface area contributed by atoms with Crippen molar-refractivity contribution in [2.24, 2.45) is 0 Å². The third-order valence-electron chi connectivity index (χ3n) is 3.57. The molecule has 0 saturated carbocycles. The molecule has 1 aromatic carbocycles. The Morgan fingerprint density at radius 1 is 1.35 bits per heavy atom. The van der Waals surface area contributed by atoms with Crippen molar-refractivity contribution >= 4 is 16.7 Å². The van der Waals surface area contributed by atoms with Crippen molar-refractivity contribution in [2.45, 2.75) is 13.0 Å². The number of hydrogen-bond acceptors (Lipinski definition) is 4. The maximum atomic E-state index is 12.3. The Morgan fingerprint density at radius 3 is 3.00 bits per heavy atom. The number of methoxy groups -OCH3 is 1. The van der Waals surface area contributed by atoms with Gasteiger partial charge in [0.25, 0.3) is 5.91 Å². The Labute approximate surface area is 134 Å².